The molecule has 0 spiro atoms. The molecule has 1 aliphatic heterocycles. The Morgan fingerprint density at radius 3 is 2.41 bits per heavy atom. The summed E-state index contributed by atoms with van der Waals surface area (Å²) in [7, 11) is 0. The average Bonchev–Trinajstić information content (AvgIpc) is 3.12. The van der Waals surface area contributed by atoms with Crippen molar-refractivity contribution >= 4 is 17.8 Å². The Labute approximate surface area is 154 Å². The van der Waals surface area contributed by atoms with E-state index in [4.69, 9.17) is 5.11 Å². The minimum Gasteiger partial charge on any atom is -0.476 e. The van der Waals surface area contributed by atoms with Crippen LogP contribution in [0.2, 0.25) is 0 Å². The number of carbonyl (C=O) groups is 3. The van der Waals surface area contributed by atoms with Crippen LogP contribution in [-0.4, -0.2) is 73.9 Å². The molecule has 10 heteroatoms. The number of aromatic carboxylic acids is 1. The maximum absolute atomic E-state index is 13.7. The molecule has 9 nitrogen and oxygen atoms in total. The summed E-state index contributed by atoms with van der Waals surface area (Å²) in [6.45, 7) is 2.83. The summed E-state index contributed by atoms with van der Waals surface area (Å²) in [5.74, 6) is -2.16. The number of aromatic nitrogens is 3. The summed E-state index contributed by atoms with van der Waals surface area (Å²) in [4.78, 5) is 38.7. The van der Waals surface area contributed by atoms with Crippen molar-refractivity contribution < 1.29 is 23.9 Å². The van der Waals surface area contributed by atoms with Crippen LogP contribution in [0.1, 0.15) is 26.4 Å². The SMILES string of the molecule is Cc1ccc(C(=O)N2CCN(C(=O)Cn3cc(C(=O)O)nn3)CC2)cc1F. The molecular weight excluding hydrogens is 357 g/mol. The number of carboxylic acid groups (broad SMARTS) is 1. The Morgan fingerprint density at radius 1 is 1.15 bits per heavy atom. The van der Waals surface area contributed by atoms with Gasteiger partial charge in [0.1, 0.15) is 12.4 Å². The van der Waals surface area contributed by atoms with E-state index in [0.717, 1.165) is 0 Å². The second-order valence-corrected chi connectivity index (χ2v) is 6.24. The lowest BCUT2D eigenvalue weighted by Crippen LogP contribution is -2.51. The van der Waals surface area contributed by atoms with Gasteiger partial charge in [0.25, 0.3) is 5.91 Å². The van der Waals surface area contributed by atoms with Gasteiger partial charge >= 0.3 is 5.97 Å². The Hall–Kier alpha value is -3.30. The van der Waals surface area contributed by atoms with Crippen molar-refractivity contribution in [2.45, 2.75) is 13.5 Å². The predicted molar refractivity (Wildman–Crippen MR) is 90.6 cm³/mol. The molecule has 3 rings (SSSR count). The molecule has 27 heavy (non-hydrogen) atoms. The number of piperazine rings is 1. The highest BCUT2D eigenvalue weighted by Gasteiger charge is 2.25. The highest BCUT2D eigenvalue weighted by molar-refractivity contribution is 5.94. The van der Waals surface area contributed by atoms with Crippen LogP contribution in [0, 0.1) is 12.7 Å². The molecule has 2 aromatic rings. The number of halogens is 1. The van der Waals surface area contributed by atoms with Crippen LogP contribution in [0.25, 0.3) is 0 Å². The van der Waals surface area contributed by atoms with Crippen LogP contribution in [0.4, 0.5) is 4.39 Å². The van der Waals surface area contributed by atoms with Gasteiger partial charge in [0, 0.05) is 31.7 Å². The summed E-state index contributed by atoms with van der Waals surface area (Å²) >= 11 is 0. The molecule has 1 aliphatic rings. The number of aryl methyl sites for hydroxylation is 1. The van der Waals surface area contributed by atoms with E-state index in [0.29, 0.717) is 31.7 Å². The second-order valence-electron chi connectivity index (χ2n) is 6.24. The lowest BCUT2D eigenvalue weighted by molar-refractivity contribution is -0.133. The van der Waals surface area contributed by atoms with Crippen LogP contribution in [0.3, 0.4) is 0 Å². The Kier molecular flexibility index (Phi) is 5.15. The zero-order valence-electron chi connectivity index (χ0n) is 14.6. The molecule has 0 radical (unpaired) electrons. The Balaban J connectivity index is 1.56. The first-order valence-corrected chi connectivity index (χ1v) is 8.32. The number of carbonyl (C=O) groups excluding carboxylic acids is 2. The first-order valence-electron chi connectivity index (χ1n) is 8.32. The van der Waals surface area contributed by atoms with Gasteiger partial charge in [-0.2, -0.15) is 0 Å². The zero-order valence-corrected chi connectivity index (χ0v) is 14.6. The van der Waals surface area contributed by atoms with Crippen LogP contribution in [0.5, 0.6) is 0 Å². The normalized spacial score (nSPS) is 14.3. The fourth-order valence-electron chi connectivity index (χ4n) is 2.78. The largest absolute Gasteiger partial charge is 0.476 e. The zero-order chi connectivity index (χ0) is 19.6. The number of amides is 2. The van der Waals surface area contributed by atoms with Crippen molar-refractivity contribution in [3.8, 4) is 0 Å². The van der Waals surface area contributed by atoms with Gasteiger partial charge in [-0.1, -0.05) is 11.3 Å². The van der Waals surface area contributed by atoms with Crippen LogP contribution in [-0.2, 0) is 11.3 Å². The second kappa shape index (κ2) is 7.52. The summed E-state index contributed by atoms with van der Waals surface area (Å²) in [5.41, 5.74) is 0.520. The maximum Gasteiger partial charge on any atom is 0.358 e. The number of benzene rings is 1. The molecular formula is C17H18FN5O4. The summed E-state index contributed by atoms with van der Waals surface area (Å²) < 4.78 is 14.8. The number of hydrogen-bond acceptors (Lipinski definition) is 5. The van der Waals surface area contributed by atoms with E-state index in [1.54, 1.807) is 28.9 Å². The molecule has 0 atom stereocenters. The first kappa shape index (κ1) is 18.5. The lowest BCUT2D eigenvalue weighted by Gasteiger charge is -2.34. The van der Waals surface area contributed by atoms with Crippen LogP contribution >= 0.6 is 0 Å². The minimum absolute atomic E-state index is 0.128. The molecule has 1 saturated heterocycles. The predicted octanol–water partition coefficient (Wildman–Crippen LogP) is 0.408. The number of hydrogen-bond donors (Lipinski definition) is 1. The smallest absolute Gasteiger partial charge is 0.358 e. The number of nitrogens with zero attached hydrogens (tertiary/aromatic N) is 5. The molecule has 1 fully saturated rings. The van der Waals surface area contributed by atoms with Crippen molar-refractivity contribution in [2.75, 3.05) is 26.2 Å². The standard InChI is InChI=1S/C17H18FN5O4/c1-11-2-3-12(8-13(11)18)16(25)22-6-4-21(5-7-22)15(24)10-23-9-14(17(26)27)19-20-23/h2-3,8-9H,4-7,10H2,1H3,(H,26,27). The van der Waals surface area contributed by atoms with E-state index in [1.807, 2.05) is 0 Å². The van der Waals surface area contributed by atoms with Gasteiger partial charge in [-0.3, -0.25) is 9.59 Å². The Bertz CT molecular complexity index is 889. The third-order valence-electron chi connectivity index (χ3n) is 4.39. The maximum atomic E-state index is 13.7. The summed E-state index contributed by atoms with van der Waals surface area (Å²) in [6.07, 6.45) is 1.19. The van der Waals surface area contributed by atoms with Gasteiger partial charge in [-0.25, -0.2) is 13.9 Å². The topological polar surface area (TPSA) is 109 Å². The molecule has 2 amide bonds. The van der Waals surface area contributed by atoms with Crippen LogP contribution in [0.15, 0.2) is 24.4 Å². The van der Waals surface area contributed by atoms with Crippen molar-refractivity contribution in [3.63, 3.8) is 0 Å². The molecule has 1 aromatic carbocycles. The quantitative estimate of drug-likeness (QED) is 0.829. The van der Waals surface area contributed by atoms with E-state index < -0.39 is 11.8 Å². The van der Waals surface area contributed by atoms with E-state index in [9.17, 15) is 18.8 Å². The summed E-state index contributed by atoms with van der Waals surface area (Å²) in [5, 5.41) is 15.9. The molecule has 2 heterocycles. The van der Waals surface area contributed by atoms with E-state index >= 15 is 0 Å². The molecule has 1 aromatic heterocycles. The van der Waals surface area contributed by atoms with Crippen molar-refractivity contribution in [1.29, 1.82) is 0 Å². The number of rotatable bonds is 4. The number of carboxylic acids is 1. The van der Waals surface area contributed by atoms with Gasteiger partial charge in [0.05, 0.1) is 6.20 Å². The van der Waals surface area contributed by atoms with Gasteiger partial charge < -0.3 is 14.9 Å². The molecule has 142 valence electrons. The van der Waals surface area contributed by atoms with Gasteiger partial charge in [0.2, 0.25) is 5.91 Å². The van der Waals surface area contributed by atoms with Gasteiger partial charge in [-0.15, -0.1) is 5.10 Å². The van der Waals surface area contributed by atoms with Crippen molar-refractivity contribution in [2.24, 2.45) is 0 Å². The van der Waals surface area contributed by atoms with Crippen molar-refractivity contribution in [1.82, 2.24) is 24.8 Å². The molecule has 0 saturated carbocycles. The van der Waals surface area contributed by atoms with Gasteiger partial charge in [0.15, 0.2) is 5.69 Å². The minimum atomic E-state index is -1.21. The molecule has 0 aliphatic carbocycles. The highest BCUT2D eigenvalue weighted by Crippen LogP contribution is 2.13. The Morgan fingerprint density at radius 2 is 1.81 bits per heavy atom. The fourth-order valence-corrected chi connectivity index (χ4v) is 2.78. The fraction of sp³-hybridized carbons (Fsp3) is 0.353. The van der Waals surface area contributed by atoms with E-state index in [-0.39, 0.29) is 29.6 Å². The monoisotopic (exact) mass is 375 g/mol. The third-order valence-corrected chi connectivity index (χ3v) is 4.39. The van der Waals surface area contributed by atoms with Crippen molar-refractivity contribution in [3.05, 3.63) is 47.0 Å². The summed E-state index contributed by atoms with van der Waals surface area (Å²) in [6, 6.07) is 4.37. The molecule has 0 bridgehead atoms. The van der Waals surface area contributed by atoms with E-state index in [2.05, 4.69) is 10.3 Å². The third kappa shape index (κ3) is 4.10. The molecule has 1 N–H and O–H groups in total. The average molecular weight is 375 g/mol. The molecule has 0 unspecified atom stereocenters. The lowest BCUT2D eigenvalue weighted by atomic mass is 10.1. The first-order chi connectivity index (χ1) is 12.8. The van der Waals surface area contributed by atoms with E-state index in [1.165, 1.54) is 16.9 Å². The van der Waals surface area contributed by atoms with Gasteiger partial charge in [-0.05, 0) is 24.6 Å². The van der Waals surface area contributed by atoms with Crippen LogP contribution < -0.4 is 0 Å². The highest BCUT2D eigenvalue weighted by atomic mass is 19.1.